The van der Waals surface area contributed by atoms with Crippen LogP contribution in [0, 0.1) is 5.92 Å². The second-order valence-corrected chi connectivity index (χ2v) is 15.4. The van der Waals surface area contributed by atoms with Gasteiger partial charge in [0.25, 0.3) is 5.91 Å². The van der Waals surface area contributed by atoms with Crippen LogP contribution in [-0.4, -0.2) is 65.0 Å². The van der Waals surface area contributed by atoms with Crippen LogP contribution in [0.25, 0.3) is 22.2 Å². The first-order valence-electron chi connectivity index (χ1n) is 20.1. The van der Waals surface area contributed by atoms with Gasteiger partial charge in [-0.1, -0.05) is 98.8 Å². The number of nitrogens with zero attached hydrogens (tertiary/aromatic N) is 2. The highest BCUT2D eigenvalue weighted by molar-refractivity contribution is 5.98. The van der Waals surface area contributed by atoms with Crippen LogP contribution in [0.2, 0.25) is 0 Å². The fraction of sp³-hybridized carbons (Fsp3) is 0.348. The third-order valence-corrected chi connectivity index (χ3v) is 11.5. The molecule has 3 fully saturated rings. The number of hydroxylamine groups is 1. The minimum atomic E-state index is -1.15. The molecular formula is C46H49N5O6. The van der Waals surface area contributed by atoms with Gasteiger partial charge in [0.1, 0.15) is 35.2 Å². The van der Waals surface area contributed by atoms with Crippen LogP contribution in [-0.2, 0) is 14.4 Å². The standard InChI is InChI=1S/C46H49N5O6/c1-55-35-24-25-37-40(26-35)48-39(31-16-8-5-9-17-31)28-42(37)56-36-27-41-43(52)49-46(45(54)50-57-34-21-13-7-14-22-34)29-32(46)18-10-3-2-4-15-23-38(44(53)51(41)30-36)47-33-19-11-6-12-20-33/h5-9,11-14,16-17,19-22,24-26,28,32,36,38,41,47H,2-4,10,15,18,23,27,29-30H2,1H3,(H,49,52)(H,50,54)/t32-,36-,38+,41+,46-/m1/s1. The molecule has 3 N–H and O–H groups in total. The summed E-state index contributed by atoms with van der Waals surface area (Å²) < 4.78 is 12.4. The molecule has 294 valence electrons. The number of benzene rings is 4. The molecular weight excluding hydrogens is 719 g/mol. The van der Waals surface area contributed by atoms with Gasteiger partial charge in [-0.25, -0.2) is 4.98 Å². The first-order chi connectivity index (χ1) is 27.9. The average Bonchev–Trinajstić information content (AvgIpc) is 3.78. The van der Waals surface area contributed by atoms with E-state index in [2.05, 4.69) is 16.1 Å². The first kappa shape index (κ1) is 37.8. The quantitative estimate of drug-likeness (QED) is 0.132. The summed E-state index contributed by atoms with van der Waals surface area (Å²) in [6, 6.07) is 34.8. The number of nitrogens with one attached hydrogen (secondary N) is 3. The van der Waals surface area contributed by atoms with Crippen LogP contribution in [0.15, 0.2) is 115 Å². The SMILES string of the molecule is COc1ccc2c(O[C@@H]3C[C@H]4C(=O)N[C@]5(C(=O)NOc6ccccc6)C[C@H]5CCCCCCC[C@H](Nc5ccccc5)C(=O)N4C3)cc(-c3ccccc3)nc2c1. The molecule has 4 aromatic carbocycles. The summed E-state index contributed by atoms with van der Waals surface area (Å²) in [7, 11) is 1.62. The van der Waals surface area contributed by atoms with Crippen molar-refractivity contribution >= 4 is 34.3 Å². The van der Waals surface area contributed by atoms with E-state index in [1.54, 1.807) is 24.1 Å². The van der Waals surface area contributed by atoms with Crippen molar-refractivity contribution in [3.8, 4) is 28.5 Å². The number of carbonyl (C=O) groups excluding carboxylic acids is 3. The van der Waals surface area contributed by atoms with E-state index < -0.39 is 29.6 Å². The van der Waals surface area contributed by atoms with Crippen LogP contribution in [0.5, 0.6) is 17.2 Å². The number of ether oxygens (including phenoxy) is 2. The molecule has 1 saturated carbocycles. The Balaban J connectivity index is 1.11. The second kappa shape index (κ2) is 17.0. The van der Waals surface area contributed by atoms with Gasteiger partial charge in [-0.05, 0) is 61.6 Å². The van der Waals surface area contributed by atoms with Gasteiger partial charge in [0, 0.05) is 35.2 Å². The van der Waals surface area contributed by atoms with Crippen LogP contribution in [0.1, 0.15) is 57.8 Å². The Bertz CT molecular complexity index is 2190. The fourth-order valence-electron chi connectivity index (χ4n) is 8.33. The summed E-state index contributed by atoms with van der Waals surface area (Å²) >= 11 is 0. The molecule has 0 unspecified atom stereocenters. The van der Waals surface area contributed by atoms with Crippen molar-refractivity contribution < 1.29 is 28.7 Å². The zero-order valence-corrected chi connectivity index (χ0v) is 32.2. The highest BCUT2D eigenvalue weighted by Gasteiger charge is 2.62. The lowest BCUT2D eigenvalue weighted by molar-refractivity contribution is -0.141. The normalized spacial score (nSPS) is 23.8. The molecule has 5 aromatic rings. The van der Waals surface area contributed by atoms with Gasteiger partial charge in [0.2, 0.25) is 11.8 Å². The summed E-state index contributed by atoms with van der Waals surface area (Å²) in [6.45, 7) is 0.185. The van der Waals surface area contributed by atoms with Gasteiger partial charge in [0.05, 0.1) is 24.9 Å². The van der Waals surface area contributed by atoms with E-state index in [0.717, 1.165) is 60.9 Å². The maximum absolute atomic E-state index is 14.8. The van der Waals surface area contributed by atoms with E-state index in [0.29, 0.717) is 35.6 Å². The number of para-hydroxylation sites is 2. The number of methoxy groups -OCH3 is 1. The number of hydrogen-bond donors (Lipinski definition) is 3. The van der Waals surface area contributed by atoms with Crippen molar-refractivity contribution in [2.75, 3.05) is 19.0 Å². The van der Waals surface area contributed by atoms with Crippen LogP contribution >= 0.6 is 0 Å². The maximum Gasteiger partial charge on any atom is 0.278 e. The van der Waals surface area contributed by atoms with E-state index in [1.807, 2.05) is 103 Å². The lowest BCUT2D eigenvalue weighted by atomic mass is 10.0. The molecule has 1 aromatic heterocycles. The third-order valence-electron chi connectivity index (χ3n) is 11.5. The van der Waals surface area contributed by atoms with Crippen molar-refractivity contribution in [1.29, 1.82) is 0 Å². The van der Waals surface area contributed by atoms with Crippen LogP contribution in [0.4, 0.5) is 5.69 Å². The molecule has 5 atom stereocenters. The number of carbonyl (C=O) groups is 3. The predicted octanol–water partition coefficient (Wildman–Crippen LogP) is 7.47. The highest BCUT2D eigenvalue weighted by Crippen LogP contribution is 2.48. The van der Waals surface area contributed by atoms with Gasteiger partial charge < -0.3 is 29.8 Å². The molecule has 2 saturated heterocycles. The second-order valence-electron chi connectivity index (χ2n) is 15.4. The Morgan fingerprint density at radius 1 is 0.825 bits per heavy atom. The molecule has 11 nitrogen and oxygen atoms in total. The van der Waals surface area contributed by atoms with Crippen molar-refractivity contribution in [3.63, 3.8) is 0 Å². The molecule has 1 aliphatic carbocycles. The van der Waals surface area contributed by atoms with Crippen molar-refractivity contribution in [2.45, 2.75) is 81.5 Å². The Labute approximate surface area is 333 Å². The lowest BCUT2D eigenvalue weighted by Crippen LogP contribution is -2.57. The molecule has 57 heavy (non-hydrogen) atoms. The molecule has 0 radical (unpaired) electrons. The van der Waals surface area contributed by atoms with E-state index in [9.17, 15) is 14.4 Å². The van der Waals surface area contributed by atoms with Crippen LogP contribution < -0.4 is 30.4 Å². The van der Waals surface area contributed by atoms with Gasteiger partial charge in [-0.2, -0.15) is 5.48 Å². The number of aromatic nitrogens is 1. The maximum atomic E-state index is 14.8. The number of anilines is 1. The number of amides is 3. The predicted molar refractivity (Wildman–Crippen MR) is 219 cm³/mol. The first-order valence-corrected chi connectivity index (χ1v) is 20.1. The number of fused-ring (bicyclic) bond motifs is 3. The monoisotopic (exact) mass is 767 g/mol. The summed E-state index contributed by atoms with van der Waals surface area (Å²) in [5.41, 5.74) is 4.66. The molecule has 0 bridgehead atoms. The summed E-state index contributed by atoms with van der Waals surface area (Å²) in [4.78, 5) is 55.7. The van der Waals surface area contributed by atoms with E-state index in [4.69, 9.17) is 19.3 Å². The third kappa shape index (κ3) is 8.52. The highest BCUT2D eigenvalue weighted by atomic mass is 16.7. The smallest absolute Gasteiger partial charge is 0.278 e. The largest absolute Gasteiger partial charge is 0.497 e. The topological polar surface area (TPSA) is 131 Å². The van der Waals surface area contributed by atoms with Crippen molar-refractivity contribution in [1.82, 2.24) is 20.7 Å². The van der Waals surface area contributed by atoms with Gasteiger partial charge in [0.15, 0.2) is 5.75 Å². The summed E-state index contributed by atoms with van der Waals surface area (Å²) in [5, 5.41) is 7.43. The molecule has 3 aliphatic rings. The zero-order valence-electron chi connectivity index (χ0n) is 32.2. The molecule has 2 aliphatic heterocycles. The van der Waals surface area contributed by atoms with Gasteiger partial charge >= 0.3 is 0 Å². The Hall–Kier alpha value is -6.10. The number of pyridine rings is 1. The Kier molecular flexibility index (Phi) is 11.2. The molecule has 0 spiro atoms. The van der Waals surface area contributed by atoms with Crippen molar-refractivity contribution in [3.05, 3.63) is 115 Å². The summed E-state index contributed by atoms with van der Waals surface area (Å²) in [5.74, 6) is 0.757. The van der Waals surface area contributed by atoms with E-state index in [-0.39, 0.29) is 30.7 Å². The minimum absolute atomic E-state index is 0.0485. The lowest BCUT2D eigenvalue weighted by Gasteiger charge is -2.30. The van der Waals surface area contributed by atoms with Gasteiger partial charge in [-0.15, -0.1) is 0 Å². The Morgan fingerprint density at radius 2 is 1.53 bits per heavy atom. The van der Waals surface area contributed by atoms with Crippen molar-refractivity contribution in [2.24, 2.45) is 5.92 Å². The fourth-order valence-corrected chi connectivity index (χ4v) is 8.33. The molecule has 8 rings (SSSR count). The van der Waals surface area contributed by atoms with Gasteiger partial charge in [-0.3, -0.25) is 14.4 Å². The average molecular weight is 768 g/mol. The zero-order chi connectivity index (χ0) is 39.2. The minimum Gasteiger partial charge on any atom is -0.497 e. The van der Waals surface area contributed by atoms with E-state index in [1.165, 1.54) is 0 Å². The number of hydrogen-bond acceptors (Lipinski definition) is 8. The number of rotatable bonds is 9. The Morgan fingerprint density at radius 3 is 2.28 bits per heavy atom. The van der Waals surface area contributed by atoms with Crippen LogP contribution in [0.3, 0.4) is 0 Å². The molecule has 11 heteroatoms. The van der Waals surface area contributed by atoms with E-state index >= 15 is 0 Å². The molecule has 3 amide bonds. The summed E-state index contributed by atoms with van der Waals surface area (Å²) in [6.07, 6.45) is 6.47. The molecule has 3 heterocycles.